The Hall–Kier alpha value is -2.90. The zero-order chi connectivity index (χ0) is 21.1. The molecule has 0 radical (unpaired) electrons. The molecule has 0 saturated carbocycles. The Morgan fingerprint density at radius 3 is 2.73 bits per heavy atom. The number of amides is 1. The van der Waals surface area contributed by atoms with E-state index in [0.29, 0.717) is 28.1 Å². The Bertz CT molecular complexity index is 1210. The molecule has 30 heavy (non-hydrogen) atoms. The predicted octanol–water partition coefficient (Wildman–Crippen LogP) is 5.34. The van der Waals surface area contributed by atoms with Crippen LogP contribution >= 0.6 is 27.5 Å². The minimum atomic E-state index is -0.215. The number of hydrogen-bond acceptors (Lipinski definition) is 5. The van der Waals surface area contributed by atoms with Gasteiger partial charge in [0, 0.05) is 12.6 Å². The summed E-state index contributed by atoms with van der Waals surface area (Å²) in [5.41, 5.74) is 0.674. The van der Waals surface area contributed by atoms with Crippen molar-refractivity contribution in [2.45, 2.75) is 6.54 Å². The molecule has 4 aromatic rings. The van der Waals surface area contributed by atoms with Crippen LogP contribution in [0.25, 0.3) is 22.2 Å². The van der Waals surface area contributed by atoms with Gasteiger partial charge < -0.3 is 14.2 Å². The number of likely N-dealkylation sites (N-methyl/N-ethyl adjacent to an activating group) is 1. The van der Waals surface area contributed by atoms with Crippen LogP contribution in [0.5, 0.6) is 5.75 Å². The Labute approximate surface area is 186 Å². The maximum atomic E-state index is 12.5. The third kappa shape index (κ3) is 4.32. The van der Waals surface area contributed by atoms with Crippen molar-refractivity contribution in [3.05, 3.63) is 76.0 Å². The quantitative estimate of drug-likeness (QED) is 0.368. The van der Waals surface area contributed by atoms with Crippen LogP contribution in [0.15, 0.2) is 69.7 Å². The highest BCUT2D eigenvalue weighted by molar-refractivity contribution is 9.10. The van der Waals surface area contributed by atoms with Gasteiger partial charge in [-0.25, -0.2) is 0 Å². The van der Waals surface area contributed by atoms with Gasteiger partial charge in [-0.15, -0.1) is 0 Å². The second-order valence-electron chi connectivity index (χ2n) is 6.63. The summed E-state index contributed by atoms with van der Waals surface area (Å²) in [4.78, 5) is 18.3. The number of carbonyl (C=O) groups excluding carboxylic acids is 1. The summed E-state index contributed by atoms with van der Waals surface area (Å²) in [6.45, 7) is 0.0531. The minimum absolute atomic E-state index is 0.112. The molecule has 0 spiro atoms. The van der Waals surface area contributed by atoms with Gasteiger partial charge in [-0.05, 0) is 44.9 Å². The van der Waals surface area contributed by atoms with Gasteiger partial charge in [0.2, 0.25) is 11.7 Å². The SMILES string of the molecule is CN(Cc1nc(-c2ccccc2Cl)no1)C(=O)COc1ccc2ccccc2c1Br. The topological polar surface area (TPSA) is 68.5 Å². The standard InChI is InChI=1S/C22H17BrClN3O3/c1-27(12-19-25-22(26-30-19)16-8-4-5-9-17(16)24)20(28)13-29-18-11-10-14-6-2-3-7-15(14)21(18)23/h2-11H,12-13H2,1H3. The first-order valence-corrected chi connectivity index (χ1v) is 10.3. The molecule has 4 rings (SSSR count). The van der Waals surface area contributed by atoms with Gasteiger partial charge in [0.15, 0.2) is 6.61 Å². The largest absolute Gasteiger partial charge is 0.483 e. The molecular formula is C22H17BrClN3O3. The van der Waals surface area contributed by atoms with Crippen molar-refractivity contribution < 1.29 is 14.1 Å². The van der Waals surface area contributed by atoms with Gasteiger partial charge >= 0.3 is 0 Å². The summed E-state index contributed by atoms with van der Waals surface area (Å²) in [5, 5.41) is 6.59. The molecule has 1 heterocycles. The Morgan fingerprint density at radius 2 is 1.90 bits per heavy atom. The number of rotatable bonds is 6. The predicted molar refractivity (Wildman–Crippen MR) is 118 cm³/mol. The van der Waals surface area contributed by atoms with Crippen LogP contribution in [0.1, 0.15) is 5.89 Å². The van der Waals surface area contributed by atoms with E-state index in [9.17, 15) is 4.79 Å². The molecule has 0 unspecified atom stereocenters. The number of carbonyl (C=O) groups is 1. The van der Waals surface area contributed by atoms with Gasteiger partial charge in [0.25, 0.3) is 5.91 Å². The summed E-state index contributed by atoms with van der Waals surface area (Å²) in [6.07, 6.45) is 0. The van der Waals surface area contributed by atoms with E-state index in [-0.39, 0.29) is 19.1 Å². The third-order valence-corrected chi connectivity index (χ3v) is 5.71. The van der Waals surface area contributed by atoms with E-state index < -0.39 is 0 Å². The fourth-order valence-corrected chi connectivity index (χ4v) is 3.76. The Balaban J connectivity index is 1.39. The molecular weight excluding hydrogens is 470 g/mol. The molecule has 152 valence electrons. The molecule has 0 aliphatic rings. The van der Waals surface area contributed by atoms with Gasteiger partial charge in [0.05, 0.1) is 16.0 Å². The summed E-state index contributed by atoms with van der Waals surface area (Å²) >= 11 is 9.73. The highest BCUT2D eigenvalue weighted by Gasteiger charge is 2.17. The molecule has 0 bridgehead atoms. The molecule has 1 amide bonds. The van der Waals surface area contributed by atoms with Crippen molar-refractivity contribution in [1.82, 2.24) is 15.0 Å². The number of benzene rings is 3. The normalized spacial score (nSPS) is 10.9. The van der Waals surface area contributed by atoms with E-state index in [4.69, 9.17) is 20.9 Å². The van der Waals surface area contributed by atoms with Crippen LogP contribution in [-0.4, -0.2) is 34.6 Å². The first-order chi connectivity index (χ1) is 14.5. The van der Waals surface area contributed by atoms with E-state index in [1.807, 2.05) is 48.5 Å². The van der Waals surface area contributed by atoms with E-state index in [0.717, 1.165) is 15.2 Å². The van der Waals surface area contributed by atoms with E-state index in [1.54, 1.807) is 19.2 Å². The number of halogens is 2. The smallest absolute Gasteiger partial charge is 0.260 e. The van der Waals surface area contributed by atoms with Crippen LogP contribution in [0.4, 0.5) is 0 Å². The van der Waals surface area contributed by atoms with Crippen LogP contribution < -0.4 is 4.74 Å². The monoisotopic (exact) mass is 485 g/mol. The maximum absolute atomic E-state index is 12.5. The van der Waals surface area contributed by atoms with Crippen LogP contribution in [0.3, 0.4) is 0 Å². The van der Waals surface area contributed by atoms with Crippen LogP contribution in [0, 0.1) is 0 Å². The van der Waals surface area contributed by atoms with Crippen LogP contribution in [-0.2, 0) is 11.3 Å². The number of ether oxygens (including phenoxy) is 1. The van der Waals surface area contributed by atoms with Crippen molar-refractivity contribution in [1.29, 1.82) is 0 Å². The molecule has 0 saturated heterocycles. The fourth-order valence-electron chi connectivity index (χ4n) is 2.94. The van der Waals surface area contributed by atoms with Crippen molar-refractivity contribution in [3.8, 4) is 17.1 Å². The van der Waals surface area contributed by atoms with Crippen LogP contribution in [0.2, 0.25) is 5.02 Å². The van der Waals surface area contributed by atoms with Gasteiger partial charge in [-0.3, -0.25) is 4.79 Å². The molecule has 0 aliphatic heterocycles. The second kappa shape index (κ2) is 8.85. The van der Waals surface area contributed by atoms with Gasteiger partial charge in [-0.2, -0.15) is 4.98 Å². The second-order valence-corrected chi connectivity index (χ2v) is 7.83. The lowest BCUT2D eigenvalue weighted by Crippen LogP contribution is -2.31. The van der Waals surface area contributed by atoms with Crippen molar-refractivity contribution in [3.63, 3.8) is 0 Å². The van der Waals surface area contributed by atoms with E-state index in [1.165, 1.54) is 4.90 Å². The number of aromatic nitrogens is 2. The molecule has 0 N–H and O–H groups in total. The molecule has 8 heteroatoms. The highest BCUT2D eigenvalue weighted by atomic mass is 79.9. The third-order valence-electron chi connectivity index (χ3n) is 4.56. The zero-order valence-corrected chi connectivity index (χ0v) is 18.4. The Morgan fingerprint density at radius 1 is 1.13 bits per heavy atom. The minimum Gasteiger partial charge on any atom is -0.483 e. The summed E-state index contributed by atoms with van der Waals surface area (Å²) in [7, 11) is 1.65. The van der Waals surface area contributed by atoms with Crippen molar-refractivity contribution in [2.24, 2.45) is 0 Å². The molecule has 1 aromatic heterocycles. The molecule has 0 atom stereocenters. The number of nitrogens with zero attached hydrogens (tertiary/aromatic N) is 3. The van der Waals surface area contributed by atoms with E-state index in [2.05, 4.69) is 26.1 Å². The molecule has 0 aliphatic carbocycles. The lowest BCUT2D eigenvalue weighted by Gasteiger charge is -2.16. The number of fused-ring (bicyclic) bond motifs is 1. The summed E-state index contributed by atoms with van der Waals surface area (Å²) in [5.74, 6) is 1.09. The molecule has 6 nitrogen and oxygen atoms in total. The van der Waals surface area contributed by atoms with Crippen molar-refractivity contribution in [2.75, 3.05) is 13.7 Å². The lowest BCUT2D eigenvalue weighted by molar-refractivity contribution is -0.132. The lowest BCUT2D eigenvalue weighted by atomic mass is 10.1. The maximum Gasteiger partial charge on any atom is 0.260 e. The first kappa shape index (κ1) is 20.4. The van der Waals surface area contributed by atoms with Crippen molar-refractivity contribution >= 4 is 44.2 Å². The average molecular weight is 487 g/mol. The van der Waals surface area contributed by atoms with Gasteiger partial charge in [0.1, 0.15) is 5.75 Å². The first-order valence-electron chi connectivity index (χ1n) is 9.14. The zero-order valence-electron chi connectivity index (χ0n) is 16.0. The molecule has 3 aromatic carbocycles. The summed E-state index contributed by atoms with van der Waals surface area (Å²) in [6, 6.07) is 19.0. The Kier molecular flexibility index (Phi) is 6.01. The summed E-state index contributed by atoms with van der Waals surface area (Å²) < 4.78 is 11.8. The average Bonchev–Trinajstić information content (AvgIpc) is 3.21. The fraction of sp³-hybridized carbons (Fsp3) is 0.136. The van der Waals surface area contributed by atoms with Gasteiger partial charge in [-0.1, -0.05) is 59.2 Å². The van der Waals surface area contributed by atoms with E-state index >= 15 is 0 Å². The highest BCUT2D eigenvalue weighted by Crippen LogP contribution is 2.33. The number of hydrogen-bond donors (Lipinski definition) is 0. The molecule has 0 fully saturated rings.